The molecule has 20 heavy (non-hydrogen) atoms. The number of nitrogens with zero attached hydrogens (tertiary/aromatic N) is 2. The number of nitrogens with one attached hydrogen (secondary N) is 1. The Morgan fingerprint density at radius 2 is 2.30 bits per heavy atom. The van der Waals surface area contributed by atoms with Gasteiger partial charge in [-0.1, -0.05) is 0 Å². The molecule has 0 spiro atoms. The van der Waals surface area contributed by atoms with Crippen LogP contribution in [0, 0.1) is 12.8 Å². The first-order chi connectivity index (χ1) is 9.75. The van der Waals surface area contributed by atoms with Crippen LogP contribution in [0.25, 0.3) is 0 Å². The zero-order chi connectivity index (χ0) is 13.9. The van der Waals surface area contributed by atoms with Crippen LogP contribution in [0.15, 0.2) is 18.3 Å². The van der Waals surface area contributed by atoms with E-state index in [0.29, 0.717) is 12.0 Å². The molecular weight excluding hydrogens is 250 g/mol. The molecule has 0 radical (unpaired) electrons. The Bertz CT molecular complexity index is 482. The summed E-state index contributed by atoms with van der Waals surface area (Å²) in [6.07, 6.45) is 6.64. The highest BCUT2D eigenvalue weighted by atomic mass is 16.2. The Labute approximate surface area is 120 Å². The van der Waals surface area contributed by atoms with Gasteiger partial charge in [-0.25, -0.2) is 0 Å². The molecule has 2 fully saturated rings. The number of carbonyl (C=O) groups is 1. The van der Waals surface area contributed by atoms with Crippen molar-refractivity contribution in [3.05, 3.63) is 29.6 Å². The summed E-state index contributed by atoms with van der Waals surface area (Å²) in [5.41, 5.74) is 1.59. The summed E-state index contributed by atoms with van der Waals surface area (Å²) in [6, 6.07) is 4.35. The number of likely N-dealkylation sites (tertiary alicyclic amines) is 1. The molecule has 0 saturated carbocycles. The van der Waals surface area contributed by atoms with E-state index in [9.17, 15) is 4.79 Å². The number of rotatable bonds is 2. The van der Waals surface area contributed by atoms with Gasteiger partial charge in [0.05, 0.1) is 5.56 Å². The third-order valence-electron chi connectivity index (χ3n) is 4.65. The van der Waals surface area contributed by atoms with Crippen molar-refractivity contribution >= 4 is 5.91 Å². The minimum Gasteiger partial charge on any atom is -0.338 e. The standard InChI is InChI=1S/C16H23N3O/c1-12-14(6-2-8-17-12)16(20)19-10-4-5-13(11-19)15-7-3-9-18-15/h2,6,8,13,15,18H,3-5,7,9-11H2,1H3. The summed E-state index contributed by atoms with van der Waals surface area (Å²) in [5, 5.41) is 3.59. The van der Waals surface area contributed by atoms with Gasteiger partial charge >= 0.3 is 0 Å². The molecule has 2 atom stereocenters. The SMILES string of the molecule is Cc1ncccc1C(=O)N1CCCC(C2CCCN2)C1. The first-order valence-electron chi connectivity index (χ1n) is 7.70. The maximum absolute atomic E-state index is 12.6. The lowest BCUT2D eigenvalue weighted by atomic mass is 9.89. The van der Waals surface area contributed by atoms with Gasteiger partial charge in [0.25, 0.3) is 5.91 Å². The molecule has 0 aliphatic carbocycles. The van der Waals surface area contributed by atoms with E-state index in [1.165, 1.54) is 19.3 Å². The zero-order valence-corrected chi connectivity index (χ0v) is 12.1. The fourth-order valence-electron chi connectivity index (χ4n) is 3.52. The summed E-state index contributed by atoms with van der Waals surface area (Å²) < 4.78 is 0. The van der Waals surface area contributed by atoms with Crippen LogP contribution in [0.3, 0.4) is 0 Å². The number of carbonyl (C=O) groups excluding carboxylic acids is 1. The number of hydrogen-bond acceptors (Lipinski definition) is 3. The first kappa shape index (κ1) is 13.6. The van der Waals surface area contributed by atoms with Crippen LogP contribution in [0.1, 0.15) is 41.7 Å². The smallest absolute Gasteiger partial charge is 0.255 e. The molecule has 1 aromatic heterocycles. The Morgan fingerprint density at radius 1 is 1.40 bits per heavy atom. The molecule has 0 aromatic carbocycles. The lowest BCUT2D eigenvalue weighted by Crippen LogP contribution is -2.46. The third kappa shape index (κ3) is 2.70. The van der Waals surface area contributed by atoms with Crippen molar-refractivity contribution < 1.29 is 4.79 Å². The molecule has 2 saturated heterocycles. The fraction of sp³-hybridized carbons (Fsp3) is 0.625. The summed E-state index contributed by atoms with van der Waals surface area (Å²) in [5.74, 6) is 0.769. The molecule has 1 N–H and O–H groups in total. The predicted molar refractivity (Wildman–Crippen MR) is 78.6 cm³/mol. The van der Waals surface area contributed by atoms with Crippen molar-refractivity contribution in [3.8, 4) is 0 Å². The van der Waals surface area contributed by atoms with Gasteiger partial charge in [-0.2, -0.15) is 0 Å². The first-order valence-corrected chi connectivity index (χ1v) is 7.70. The monoisotopic (exact) mass is 273 g/mol. The normalized spacial score (nSPS) is 26.8. The van der Waals surface area contributed by atoms with Gasteiger partial charge in [0.15, 0.2) is 0 Å². The summed E-state index contributed by atoms with van der Waals surface area (Å²) >= 11 is 0. The number of aryl methyl sites for hydroxylation is 1. The van der Waals surface area contributed by atoms with Gasteiger partial charge in [0, 0.05) is 31.0 Å². The predicted octanol–water partition coefficient (Wildman–Crippen LogP) is 1.99. The largest absolute Gasteiger partial charge is 0.338 e. The second-order valence-electron chi connectivity index (χ2n) is 5.99. The molecule has 2 aliphatic heterocycles. The van der Waals surface area contributed by atoms with E-state index in [0.717, 1.165) is 37.3 Å². The molecule has 4 nitrogen and oxygen atoms in total. The van der Waals surface area contributed by atoms with Crippen molar-refractivity contribution in [2.45, 2.75) is 38.6 Å². The number of hydrogen-bond donors (Lipinski definition) is 1. The number of aromatic nitrogens is 1. The van der Waals surface area contributed by atoms with Gasteiger partial charge < -0.3 is 10.2 Å². The molecule has 2 unspecified atom stereocenters. The van der Waals surface area contributed by atoms with E-state index in [1.807, 2.05) is 24.0 Å². The minimum atomic E-state index is 0.151. The van der Waals surface area contributed by atoms with E-state index >= 15 is 0 Å². The van der Waals surface area contributed by atoms with E-state index < -0.39 is 0 Å². The van der Waals surface area contributed by atoms with Crippen LogP contribution in [-0.4, -0.2) is 41.5 Å². The topological polar surface area (TPSA) is 45.2 Å². The summed E-state index contributed by atoms with van der Waals surface area (Å²) in [7, 11) is 0. The summed E-state index contributed by atoms with van der Waals surface area (Å²) in [4.78, 5) is 18.9. The lowest BCUT2D eigenvalue weighted by molar-refractivity contribution is 0.0650. The number of piperidine rings is 1. The second kappa shape index (κ2) is 5.92. The van der Waals surface area contributed by atoms with Crippen LogP contribution in [0.4, 0.5) is 0 Å². The van der Waals surface area contributed by atoms with Gasteiger partial charge in [-0.05, 0) is 57.2 Å². The van der Waals surface area contributed by atoms with Crippen molar-refractivity contribution in [2.24, 2.45) is 5.92 Å². The molecule has 3 heterocycles. The third-order valence-corrected chi connectivity index (χ3v) is 4.65. The Kier molecular flexibility index (Phi) is 4.01. The molecular formula is C16H23N3O. The van der Waals surface area contributed by atoms with Crippen LogP contribution in [0.5, 0.6) is 0 Å². The molecule has 1 amide bonds. The Hall–Kier alpha value is -1.42. The molecule has 4 heteroatoms. The van der Waals surface area contributed by atoms with E-state index in [-0.39, 0.29) is 5.91 Å². The highest BCUT2D eigenvalue weighted by molar-refractivity contribution is 5.95. The van der Waals surface area contributed by atoms with Gasteiger partial charge in [0.1, 0.15) is 0 Å². The number of amides is 1. The zero-order valence-electron chi connectivity index (χ0n) is 12.1. The highest BCUT2D eigenvalue weighted by Gasteiger charge is 2.31. The Morgan fingerprint density at radius 3 is 3.05 bits per heavy atom. The highest BCUT2D eigenvalue weighted by Crippen LogP contribution is 2.25. The molecule has 0 bridgehead atoms. The molecule has 3 rings (SSSR count). The Balaban J connectivity index is 1.70. The van der Waals surface area contributed by atoms with Crippen LogP contribution < -0.4 is 5.32 Å². The van der Waals surface area contributed by atoms with Crippen LogP contribution >= 0.6 is 0 Å². The van der Waals surface area contributed by atoms with Gasteiger partial charge in [-0.15, -0.1) is 0 Å². The maximum atomic E-state index is 12.6. The minimum absolute atomic E-state index is 0.151. The van der Waals surface area contributed by atoms with E-state index in [4.69, 9.17) is 0 Å². The fourth-order valence-corrected chi connectivity index (χ4v) is 3.52. The van der Waals surface area contributed by atoms with Gasteiger partial charge in [0.2, 0.25) is 0 Å². The second-order valence-corrected chi connectivity index (χ2v) is 5.99. The van der Waals surface area contributed by atoms with Crippen molar-refractivity contribution in [3.63, 3.8) is 0 Å². The average molecular weight is 273 g/mol. The van der Waals surface area contributed by atoms with Crippen molar-refractivity contribution in [1.82, 2.24) is 15.2 Å². The van der Waals surface area contributed by atoms with E-state index in [2.05, 4.69) is 10.3 Å². The van der Waals surface area contributed by atoms with E-state index in [1.54, 1.807) is 6.20 Å². The van der Waals surface area contributed by atoms with Crippen molar-refractivity contribution in [2.75, 3.05) is 19.6 Å². The number of pyridine rings is 1. The average Bonchev–Trinajstić information content (AvgIpc) is 3.01. The van der Waals surface area contributed by atoms with Crippen LogP contribution in [-0.2, 0) is 0 Å². The lowest BCUT2D eigenvalue weighted by Gasteiger charge is -2.36. The summed E-state index contributed by atoms with van der Waals surface area (Å²) in [6.45, 7) is 4.82. The van der Waals surface area contributed by atoms with Crippen molar-refractivity contribution in [1.29, 1.82) is 0 Å². The van der Waals surface area contributed by atoms with Crippen LogP contribution in [0.2, 0.25) is 0 Å². The molecule has 108 valence electrons. The van der Waals surface area contributed by atoms with Gasteiger partial charge in [-0.3, -0.25) is 9.78 Å². The molecule has 2 aliphatic rings. The quantitative estimate of drug-likeness (QED) is 0.896. The maximum Gasteiger partial charge on any atom is 0.255 e. The molecule has 1 aromatic rings.